The molecule has 0 bridgehead atoms. The van der Waals surface area contributed by atoms with Gasteiger partial charge in [0.25, 0.3) is 0 Å². The summed E-state index contributed by atoms with van der Waals surface area (Å²) in [4.78, 5) is 0. The average Bonchev–Trinajstić information content (AvgIpc) is 2.15. The first-order chi connectivity index (χ1) is 7.63. The number of rotatable bonds is 2. The minimum atomic E-state index is 0.638. The molecule has 0 heterocycles. The van der Waals surface area contributed by atoms with Crippen LogP contribution in [0.4, 0.5) is 0 Å². The summed E-state index contributed by atoms with van der Waals surface area (Å²) in [5, 5.41) is 0.638. The zero-order chi connectivity index (χ0) is 11.5. The Balaban J connectivity index is 2.27. The zero-order valence-corrected chi connectivity index (χ0v) is 12.0. The van der Waals surface area contributed by atoms with Gasteiger partial charge in [0.15, 0.2) is 0 Å². The SMILES string of the molecule is Clc1cc(Br)cc(Oc2cccc(Br)c2)c1. The Kier molecular flexibility index (Phi) is 3.90. The molecule has 0 unspecified atom stereocenters. The first-order valence-electron chi connectivity index (χ1n) is 4.53. The van der Waals surface area contributed by atoms with Crippen molar-refractivity contribution in [2.24, 2.45) is 0 Å². The Bertz CT molecular complexity index is 494. The highest BCUT2D eigenvalue weighted by Crippen LogP contribution is 2.29. The van der Waals surface area contributed by atoms with E-state index in [4.69, 9.17) is 16.3 Å². The van der Waals surface area contributed by atoms with E-state index < -0.39 is 0 Å². The van der Waals surface area contributed by atoms with Gasteiger partial charge in [0, 0.05) is 14.0 Å². The van der Waals surface area contributed by atoms with Crippen LogP contribution in [0.2, 0.25) is 5.02 Å². The van der Waals surface area contributed by atoms with Crippen LogP contribution in [0.25, 0.3) is 0 Å². The minimum Gasteiger partial charge on any atom is -0.457 e. The average molecular weight is 362 g/mol. The summed E-state index contributed by atoms with van der Waals surface area (Å²) in [7, 11) is 0. The van der Waals surface area contributed by atoms with Gasteiger partial charge in [-0.1, -0.05) is 49.5 Å². The molecular weight excluding hydrogens is 355 g/mol. The van der Waals surface area contributed by atoms with E-state index >= 15 is 0 Å². The highest BCUT2D eigenvalue weighted by molar-refractivity contribution is 9.10. The monoisotopic (exact) mass is 360 g/mol. The third-order valence-electron chi connectivity index (χ3n) is 1.87. The second-order valence-corrected chi connectivity index (χ2v) is 5.43. The van der Waals surface area contributed by atoms with Gasteiger partial charge in [0.05, 0.1) is 0 Å². The highest BCUT2D eigenvalue weighted by Gasteiger charge is 2.01. The molecule has 16 heavy (non-hydrogen) atoms. The van der Waals surface area contributed by atoms with Crippen molar-refractivity contribution < 1.29 is 4.74 Å². The molecule has 0 fully saturated rings. The first-order valence-corrected chi connectivity index (χ1v) is 6.49. The molecule has 0 aromatic heterocycles. The standard InChI is InChI=1S/C12H7Br2ClO/c13-8-2-1-3-11(5-8)16-12-6-9(14)4-10(15)7-12/h1-7H. The van der Waals surface area contributed by atoms with Crippen LogP contribution >= 0.6 is 43.5 Å². The maximum absolute atomic E-state index is 5.93. The third-order valence-corrected chi connectivity index (χ3v) is 3.04. The molecule has 0 atom stereocenters. The molecule has 2 rings (SSSR count). The fraction of sp³-hybridized carbons (Fsp3) is 0. The van der Waals surface area contributed by atoms with E-state index in [1.165, 1.54) is 0 Å². The summed E-state index contributed by atoms with van der Waals surface area (Å²) in [6, 6.07) is 13.1. The molecule has 0 saturated carbocycles. The van der Waals surface area contributed by atoms with E-state index in [1.807, 2.05) is 36.4 Å². The molecule has 1 nitrogen and oxygen atoms in total. The van der Waals surface area contributed by atoms with Crippen molar-refractivity contribution in [3.05, 3.63) is 56.4 Å². The second-order valence-electron chi connectivity index (χ2n) is 3.16. The lowest BCUT2D eigenvalue weighted by atomic mass is 10.3. The van der Waals surface area contributed by atoms with E-state index in [-0.39, 0.29) is 0 Å². The maximum Gasteiger partial charge on any atom is 0.130 e. The molecule has 2 aromatic carbocycles. The topological polar surface area (TPSA) is 9.23 Å². The summed E-state index contributed by atoms with van der Waals surface area (Å²) < 4.78 is 7.55. The van der Waals surface area contributed by atoms with Crippen molar-refractivity contribution in [1.29, 1.82) is 0 Å². The number of halogens is 3. The Morgan fingerprint density at radius 2 is 1.62 bits per heavy atom. The van der Waals surface area contributed by atoms with Crippen molar-refractivity contribution in [3.63, 3.8) is 0 Å². The van der Waals surface area contributed by atoms with Crippen LogP contribution in [0, 0.1) is 0 Å². The van der Waals surface area contributed by atoms with Crippen LogP contribution in [0.5, 0.6) is 11.5 Å². The predicted octanol–water partition coefficient (Wildman–Crippen LogP) is 5.66. The quantitative estimate of drug-likeness (QED) is 0.670. The number of hydrogen-bond donors (Lipinski definition) is 0. The lowest BCUT2D eigenvalue weighted by molar-refractivity contribution is 0.482. The molecule has 0 spiro atoms. The fourth-order valence-corrected chi connectivity index (χ4v) is 2.46. The van der Waals surface area contributed by atoms with Gasteiger partial charge in [-0.25, -0.2) is 0 Å². The first kappa shape index (κ1) is 12.0. The molecule has 0 N–H and O–H groups in total. The fourth-order valence-electron chi connectivity index (χ4n) is 1.25. The molecule has 2 aromatic rings. The van der Waals surface area contributed by atoms with Crippen LogP contribution in [-0.4, -0.2) is 0 Å². The largest absolute Gasteiger partial charge is 0.457 e. The predicted molar refractivity (Wildman–Crippen MR) is 73.4 cm³/mol. The van der Waals surface area contributed by atoms with Crippen molar-refractivity contribution in [3.8, 4) is 11.5 Å². The minimum absolute atomic E-state index is 0.638. The van der Waals surface area contributed by atoms with E-state index in [0.29, 0.717) is 10.8 Å². The molecule has 4 heteroatoms. The van der Waals surface area contributed by atoms with Crippen molar-refractivity contribution >= 4 is 43.5 Å². The van der Waals surface area contributed by atoms with Crippen LogP contribution in [0.15, 0.2) is 51.4 Å². The summed E-state index contributed by atoms with van der Waals surface area (Å²) in [6.07, 6.45) is 0. The third kappa shape index (κ3) is 3.24. The van der Waals surface area contributed by atoms with Gasteiger partial charge in [0.2, 0.25) is 0 Å². The van der Waals surface area contributed by atoms with Gasteiger partial charge >= 0.3 is 0 Å². The molecule has 0 aliphatic carbocycles. The van der Waals surface area contributed by atoms with Gasteiger partial charge in [-0.2, -0.15) is 0 Å². The Labute approximate surface area is 116 Å². The number of ether oxygens (including phenoxy) is 1. The lowest BCUT2D eigenvalue weighted by Gasteiger charge is -2.06. The van der Waals surface area contributed by atoms with E-state index in [0.717, 1.165) is 14.7 Å². The molecule has 0 aliphatic rings. The van der Waals surface area contributed by atoms with Gasteiger partial charge in [-0.15, -0.1) is 0 Å². The zero-order valence-electron chi connectivity index (χ0n) is 8.08. The van der Waals surface area contributed by atoms with Gasteiger partial charge < -0.3 is 4.74 Å². The Hall–Kier alpha value is -0.510. The van der Waals surface area contributed by atoms with Crippen LogP contribution < -0.4 is 4.74 Å². The maximum atomic E-state index is 5.93. The van der Waals surface area contributed by atoms with Crippen LogP contribution in [-0.2, 0) is 0 Å². The second kappa shape index (κ2) is 5.21. The highest BCUT2D eigenvalue weighted by atomic mass is 79.9. The molecule has 82 valence electrons. The summed E-state index contributed by atoms with van der Waals surface area (Å²) >= 11 is 12.7. The van der Waals surface area contributed by atoms with E-state index in [2.05, 4.69) is 31.9 Å². The molecule has 0 saturated heterocycles. The summed E-state index contributed by atoms with van der Waals surface area (Å²) in [6.45, 7) is 0. The van der Waals surface area contributed by atoms with Crippen LogP contribution in [0.1, 0.15) is 0 Å². The van der Waals surface area contributed by atoms with Crippen molar-refractivity contribution in [1.82, 2.24) is 0 Å². The molecule has 0 radical (unpaired) electrons. The smallest absolute Gasteiger partial charge is 0.130 e. The van der Waals surface area contributed by atoms with Gasteiger partial charge in [-0.3, -0.25) is 0 Å². The Morgan fingerprint density at radius 3 is 2.31 bits per heavy atom. The van der Waals surface area contributed by atoms with Gasteiger partial charge in [0.1, 0.15) is 11.5 Å². The van der Waals surface area contributed by atoms with Gasteiger partial charge in [-0.05, 0) is 36.4 Å². The summed E-state index contributed by atoms with van der Waals surface area (Å²) in [5.41, 5.74) is 0. The molecule has 0 amide bonds. The lowest BCUT2D eigenvalue weighted by Crippen LogP contribution is -1.84. The molecular formula is C12H7Br2ClO. The number of hydrogen-bond acceptors (Lipinski definition) is 1. The van der Waals surface area contributed by atoms with E-state index in [1.54, 1.807) is 6.07 Å². The molecule has 0 aliphatic heterocycles. The Morgan fingerprint density at radius 1 is 0.875 bits per heavy atom. The summed E-state index contributed by atoms with van der Waals surface area (Å²) in [5.74, 6) is 1.47. The van der Waals surface area contributed by atoms with Crippen molar-refractivity contribution in [2.75, 3.05) is 0 Å². The van der Waals surface area contributed by atoms with Crippen LogP contribution in [0.3, 0.4) is 0 Å². The normalized spacial score (nSPS) is 10.2. The van der Waals surface area contributed by atoms with Crippen molar-refractivity contribution in [2.45, 2.75) is 0 Å². The number of benzene rings is 2. The van der Waals surface area contributed by atoms with E-state index in [9.17, 15) is 0 Å².